The Hall–Kier alpha value is -2.00. The Morgan fingerprint density at radius 2 is 1.86 bits per heavy atom. The highest BCUT2D eigenvalue weighted by Gasteiger charge is 2.20. The third kappa shape index (κ3) is 2.46. The number of benzene rings is 2. The van der Waals surface area contributed by atoms with Gasteiger partial charge >= 0.3 is 0 Å². The molecule has 2 aromatic carbocycles. The summed E-state index contributed by atoms with van der Waals surface area (Å²) >= 11 is 0. The lowest BCUT2D eigenvalue weighted by molar-refractivity contribution is 0.270. The molecule has 2 aromatic rings. The summed E-state index contributed by atoms with van der Waals surface area (Å²) in [6.07, 6.45) is 1.16. The van der Waals surface area contributed by atoms with E-state index in [0.29, 0.717) is 0 Å². The molecule has 0 unspecified atom stereocenters. The second-order valence-electron chi connectivity index (χ2n) is 6.39. The number of rotatable bonds is 2. The first-order valence-corrected chi connectivity index (χ1v) is 8.17. The van der Waals surface area contributed by atoms with Crippen molar-refractivity contribution in [1.29, 1.82) is 0 Å². The van der Waals surface area contributed by atoms with Gasteiger partial charge in [-0.25, -0.2) is 0 Å². The number of nitrogens with one attached hydrogen (secondary N) is 1. The SMILES string of the molecule is CN1CCN(Cc2cccc3c2NCC3)Cc2ccccc21. The minimum atomic E-state index is 1.03. The van der Waals surface area contributed by atoms with Gasteiger partial charge in [-0.3, -0.25) is 4.90 Å². The molecule has 0 aromatic heterocycles. The van der Waals surface area contributed by atoms with Crippen molar-refractivity contribution >= 4 is 11.4 Å². The summed E-state index contributed by atoms with van der Waals surface area (Å²) in [6.45, 7) is 5.33. The minimum absolute atomic E-state index is 1.03. The van der Waals surface area contributed by atoms with E-state index in [1.807, 2.05) is 0 Å². The maximum Gasteiger partial charge on any atom is 0.0419 e. The molecule has 4 rings (SSSR count). The van der Waals surface area contributed by atoms with E-state index in [1.54, 1.807) is 0 Å². The quantitative estimate of drug-likeness (QED) is 0.918. The summed E-state index contributed by atoms with van der Waals surface area (Å²) in [5.74, 6) is 0. The molecule has 0 amide bonds. The van der Waals surface area contributed by atoms with Crippen LogP contribution in [-0.2, 0) is 19.5 Å². The van der Waals surface area contributed by atoms with E-state index in [1.165, 1.54) is 28.1 Å². The van der Waals surface area contributed by atoms with Crippen LogP contribution in [0.1, 0.15) is 16.7 Å². The van der Waals surface area contributed by atoms with Gasteiger partial charge in [-0.1, -0.05) is 36.4 Å². The van der Waals surface area contributed by atoms with Gasteiger partial charge in [-0.15, -0.1) is 0 Å². The van der Waals surface area contributed by atoms with Crippen molar-refractivity contribution in [1.82, 2.24) is 4.90 Å². The number of fused-ring (bicyclic) bond motifs is 2. The predicted molar refractivity (Wildman–Crippen MR) is 92.5 cm³/mol. The zero-order valence-corrected chi connectivity index (χ0v) is 13.2. The van der Waals surface area contributed by atoms with Crippen LogP contribution in [0.5, 0.6) is 0 Å². The predicted octanol–water partition coefficient (Wildman–Crippen LogP) is 3.11. The summed E-state index contributed by atoms with van der Waals surface area (Å²) in [5, 5.41) is 3.56. The third-order valence-corrected chi connectivity index (χ3v) is 4.88. The summed E-state index contributed by atoms with van der Waals surface area (Å²) in [6, 6.07) is 15.5. The number of likely N-dealkylation sites (N-methyl/N-ethyl adjacent to an activating group) is 1. The van der Waals surface area contributed by atoms with Crippen LogP contribution in [0.25, 0.3) is 0 Å². The van der Waals surface area contributed by atoms with Crippen LogP contribution in [0.3, 0.4) is 0 Å². The highest BCUT2D eigenvalue weighted by Crippen LogP contribution is 2.29. The van der Waals surface area contributed by atoms with Crippen molar-refractivity contribution in [3.8, 4) is 0 Å². The highest BCUT2D eigenvalue weighted by molar-refractivity contribution is 5.61. The first kappa shape index (κ1) is 13.6. The summed E-state index contributed by atoms with van der Waals surface area (Å²) in [4.78, 5) is 4.95. The van der Waals surface area contributed by atoms with Crippen LogP contribution in [0, 0.1) is 0 Å². The summed E-state index contributed by atoms with van der Waals surface area (Å²) in [7, 11) is 2.20. The van der Waals surface area contributed by atoms with Crippen LogP contribution in [0.2, 0.25) is 0 Å². The van der Waals surface area contributed by atoms with Gasteiger partial charge in [0.25, 0.3) is 0 Å². The molecule has 0 saturated heterocycles. The molecule has 22 heavy (non-hydrogen) atoms. The fourth-order valence-corrected chi connectivity index (χ4v) is 3.67. The van der Waals surface area contributed by atoms with Gasteiger partial charge in [0.15, 0.2) is 0 Å². The molecule has 0 radical (unpaired) electrons. The van der Waals surface area contributed by atoms with E-state index in [9.17, 15) is 0 Å². The van der Waals surface area contributed by atoms with Crippen molar-refractivity contribution < 1.29 is 0 Å². The van der Waals surface area contributed by atoms with E-state index in [4.69, 9.17) is 0 Å². The van der Waals surface area contributed by atoms with Crippen molar-refractivity contribution in [2.45, 2.75) is 19.5 Å². The van der Waals surface area contributed by atoms with Crippen LogP contribution >= 0.6 is 0 Å². The van der Waals surface area contributed by atoms with Crippen molar-refractivity contribution in [3.63, 3.8) is 0 Å². The lowest BCUT2D eigenvalue weighted by Crippen LogP contribution is -2.29. The van der Waals surface area contributed by atoms with E-state index in [0.717, 1.165) is 39.1 Å². The molecule has 0 saturated carbocycles. The number of anilines is 2. The number of para-hydroxylation sites is 2. The second kappa shape index (κ2) is 5.65. The number of hydrogen-bond donors (Lipinski definition) is 1. The number of hydrogen-bond acceptors (Lipinski definition) is 3. The summed E-state index contributed by atoms with van der Waals surface area (Å²) in [5.41, 5.74) is 7.11. The molecule has 0 spiro atoms. The molecule has 1 N–H and O–H groups in total. The Bertz CT molecular complexity index is 680. The van der Waals surface area contributed by atoms with Gasteiger partial charge in [-0.05, 0) is 29.2 Å². The Morgan fingerprint density at radius 1 is 1.00 bits per heavy atom. The Balaban J connectivity index is 1.59. The molecule has 0 bridgehead atoms. The van der Waals surface area contributed by atoms with Crippen LogP contribution in [0.15, 0.2) is 42.5 Å². The minimum Gasteiger partial charge on any atom is -0.384 e. The fraction of sp³-hybridized carbons (Fsp3) is 0.368. The molecule has 0 aliphatic carbocycles. The average Bonchev–Trinajstić information content (AvgIpc) is 2.96. The molecular weight excluding hydrogens is 270 g/mol. The Kier molecular flexibility index (Phi) is 3.51. The fourth-order valence-electron chi connectivity index (χ4n) is 3.67. The maximum atomic E-state index is 3.56. The normalized spacial score (nSPS) is 17.6. The lowest BCUT2D eigenvalue weighted by atomic mass is 10.1. The highest BCUT2D eigenvalue weighted by atomic mass is 15.2. The van der Waals surface area contributed by atoms with Gasteiger partial charge in [0.2, 0.25) is 0 Å². The van der Waals surface area contributed by atoms with Crippen molar-refractivity contribution in [2.75, 3.05) is 36.9 Å². The Morgan fingerprint density at radius 3 is 2.82 bits per heavy atom. The number of nitrogens with zero attached hydrogens (tertiary/aromatic N) is 2. The van der Waals surface area contributed by atoms with Crippen molar-refractivity contribution in [3.05, 3.63) is 59.2 Å². The topological polar surface area (TPSA) is 18.5 Å². The van der Waals surface area contributed by atoms with Crippen LogP contribution in [0.4, 0.5) is 11.4 Å². The molecule has 114 valence electrons. The smallest absolute Gasteiger partial charge is 0.0419 e. The van der Waals surface area contributed by atoms with E-state index < -0.39 is 0 Å². The first-order chi connectivity index (χ1) is 10.8. The van der Waals surface area contributed by atoms with Gasteiger partial charge < -0.3 is 10.2 Å². The molecule has 2 heterocycles. The average molecular weight is 293 g/mol. The summed E-state index contributed by atoms with van der Waals surface area (Å²) < 4.78 is 0. The van der Waals surface area contributed by atoms with Crippen molar-refractivity contribution in [2.24, 2.45) is 0 Å². The first-order valence-electron chi connectivity index (χ1n) is 8.17. The Labute approximate surface area is 132 Å². The van der Waals surface area contributed by atoms with Gasteiger partial charge in [-0.2, -0.15) is 0 Å². The van der Waals surface area contributed by atoms with E-state index in [-0.39, 0.29) is 0 Å². The third-order valence-electron chi connectivity index (χ3n) is 4.88. The monoisotopic (exact) mass is 293 g/mol. The molecule has 2 aliphatic rings. The molecule has 3 nitrogen and oxygen atoms in total. The molecule has 0 fully saturated rings. The van der Waals surface area contributed by atoms with Gasteiger partial charge in [0.1, 0.15) is 0 Å². The maximum absolute atomic E-state index is 3.56. The molecule has 3 heteroatoms. The standard InChI is InChI=1S/C19H23N3/c1-21-11-12-22(13-16-5-2-3-8-18(16)21)14-17-7-4-6-15-9-10-20-19(15)17/h2-8,20H,9-14H2,1H3. The van der Waals surface area contributed by atoms with Crippen LogP contribution in [-0.4, -0.2) is 31.6 Å². The van der Waals surface area contributed by atoms with E-state index in [2.05, 4.69) is 64.6 Å². The van der Waals surface area contributed by atoms with Gasteiger partial charge in [0.05, 0.1) is 0 Å². The lowest BCUT2D eigenvalue weighted by Gasteiger charge is -2.22. The van der Waals surface area contributed by atoms with Crippen LogP contribution < -0.4 is 10.2 Å². The largest absolute Gasteiger partial charge is 0.384 e. The molecule has 2 aliphatic heterocycles. The molecule has 0 atom stereocenters. The second-order valence-corrected chi connectivity index (χ2v) is 6.39. The molecular formula is C19H23N3. The van der Waals surface area contributed by atoms with Gasteiger partial charge in [0, 0.05) is 51.1 Å². The zero-order valence-electron chi connectivity index (χ0n) is 13.2. The van der Waals surface area contributed by atoms with E-state index >= 15 is 0 Å². The zero-order chi connectivity index (χ0) is 14.9.